The predicted octanol–water partition coefficient (Wildman–Crippen LogP) is 2.31. The summed E-state index contributed by atoms with van der Waals surface area (Å²) in [4.78, 5) is 4.59. The van der Waals surface area contributed by atoms with Crippen molar-refractivity contribution in [1.82, 2.24) is 15.6 Å². The minimum atomic E-state index is 0.548. The van der Waals surface area contributed by atoms with Crippen LogP contribution in [0.2, 0.25) is 0 Å². The molecule has 0 fully saturated rings. The van der Waals surface area contributed by atoms with E-state index in [2.05, 4.69) is 27.0 Å². The summed E-state index contributed by atoms with van der Waals surface area (Å²) in [5, 5.41) is 20.2. The summed E-state index contributed by atoms with van der Waals surface area (Å²) in [6.45, 7) is 6.09. The molecule has 114 valence electrons. The van der Waals surface area contributed by atoms with Gasteiger partial charge in [0.05, 0.1) is 11.1 Å². The fourth-order valence-corrected chi connectivity index (χ4v) is 2.39. The van der Waals surface area contributed by atoms with Gasteiger partial charge in [0.1, 0.15) is 11.9 Å². The molecule has 0 atom stereocenters. The monoisotopic (exact) mass is 313 g/mol. The number of aromatic nitrogens is 1. The van der Waals surface area contributed by atoms with Crippen LogP contribution in [0.15, 0.2) is 24.3 Å². The van der Waals surface area contributed by atoms with Gasteiger partial charge in [-0.05, 0) is 37.7 Å². The van der Waals surface area contributed by atoms with Gasteiger partial charge < -0.3 is 16.0 Å². The van der Waals surface area contributed by atoms with Crippen LogP contribution in [0.3, 0.4) is 0 Å². The molecular formula is C16H19N5S. The number of fused-ring (bicyclic) bond motifs is 1. The molecule has 0 radical (unpaired) electrons. The summed E-state index contributed by atoms with van der Waals surface area (Å²) in [5.74, 6) is 0.612. The van der Waals surface area contributed by atoms with Gasteiger partial charge in [-0.25, -0.2) is 4.98 Å². The number of nitriles is 1. The number of rotatable bonds is 5. The lowest BCUT2D eigenvalue weighted by molar-refractivity contribution is 0.853. The summed E-state index contributed by atoms with van der Waals surface area (Å²) in [6, 6.07) is 10.0. The lowest BCUT2D eigenvalue weighted by Gasteiger charge is -2.12. The van der Waals surface area contributed by atoms with Crippen molar-refractivity contribution in [1.29, 1.82) is 5.26 Å². The van der Waals surface area contributed by atoms with Gasteiger partial charge in [-0.3, -0.25) is 0 Å². The lowest BCUT2D eigenvalue weighted by Crippen LogP contribution is -2.37. The van der Waals surface area contributed by atoms with Crippen LogP contribution in [-0.4, -0.2) is 29.7 Å². The quantitative estimate of drug-likeness (QED) is 0.581. The first kappa shape index (κ1) is 16.0. The van der Waals surface area contributed by atoms with Crippen molar-refractivity contribution < 1.29 is 0 Å². The molecule has 2 aromatic rings. The number of aryl methyl sites for hydroxylation is 1. The van der Waals surface area contributed by atoms with E-state index in [0.29, 0.717) is 29.6 Å². The van der Waals surface area contributed by atoms with Crippen LogP contribution in [0.4, 0.5) is 5.82 Å². The number of nitrogens with zero attached hydrogens (tertiary/aromatic N) is 2. The number of anilines is 1. The fraction of sp³-hybridized carbons (Fsp3) is 0.312. The molecule has 0 aliphatic heterocycles. The molecule has 1 aromatic carbocycles. The number of thiocarbonyl (C=S) groups is 1. The highest BCUT2D eigenvalue weighted by molar-refractivity contribution is 7.80. The van der Waals surface area contributed by atoms with Crippen LogP contribution < -0.4 is 16.0 Å². The van der Waals surface area contributed by atoms with Crippen LogP contribution >= 0.6 is 12.2 Å². The van der Waals surface area contributed by atoms with E-state index < -0.39 is 0 Å². The minimum Gasteiger partial charge on any atom is -0.367 e. The number of pyridine rings is 1. The van der Waals surface area contributed by atoms with Gasteiger partial charge in [0, 0.05) is 25.0 Å². The average molecular weight is 313 g/mol. The van der Waals surface area contributed by atoms with E-state index >= 15 is 0 Å². The topological polar surface area (TPSA) is 72.8 Å². The Hall–Kier alpha value is -2.39. The molecule has 1 heterocycles. The maximum Gasteiger partial charge on any atom is 0.166 e. The van der Waals surface area contributed by atoms with E-state index in [1.54, 1.807) is 0 Å². The zero-order chi connectivity index (χ0) is 15.9. The zero-order valence-corrected chi connectivity index (χ0v) is 13.5. The molecule has 0 spiro atoms. The maximum absolute atomic E-state index is 9.29. The van der Waals surface area contributed by atoms with Crippen LogP contribution in [0.1, 0.15) is 18.1 Å². The van der Waals surface area contributed by atoms with Gasteiger partial charge in [0.15, 0.2) is 5.11 Å². The highest BCUT2D eigenvalue weighted by Crippen LogP contribution is 2.22. The number of para-hydroxylation sites is 1. The van der Waals surface area contributed by atoms with Crippen LogP contribution in [0.5, 0.6) is 0 Å². The molecule has 1 aromatic heterocycles. The first-order valence-corrected chi connectivity index (χ1v) is 7.62. The second kappa shape index (κ2) is 7.57. The Morgan fingerprint density at radius 3 is 2.86 bits per heavy atom. The molecule has 0 aliphatic rings. The second-order valence-electron chi connectivity index (χ2n) is 4.86. The number of hydrogen-bond donors (Lipinski definition) is 3. The number of benzene rings is 1. The molecule has 0 unspecified atom stereocenters. The Morgan fingerprint density at radius 1 is 1.32 bits per heavy atom. The standard InChI is InChI=1S/C16H19N5S/c1-3-18-16(22)20-8-7-19-15-13(10-17)9-12-6-4-5-11(2)14(12)21-15/h4-6,9H,3,7-8H2,1-2H3,(H,19,21)(H2,18,20,22). The van der Waals surface area contributed by atoms with Gasteiger partial charge in [-0.15, -0.1) is 0 Å². The van der Waals surface area contributed by atoms with E-state index in [1.807, 2.05) is 38.1 Å². The summed E-state index contributed by atoms with van der Waals surface area (Å²) in [6.07, 6.45) is 0. The van der Waals surface area contributed by atoms with Gasteiger partial charge in [-0.2, -0.15) is 5.26 Å². The highest BCUT2D eigenvalue weighted by atomic mass is 32.1. The summed E-state index contributed by atoms with van der Waals surface area (Å²) < 4.78 is 0. The first-order valence-electron chi connectivity index (χ1n) is 7.21. The summed E-state index contributed by atoms with van der Waals surface area (Å²) in [7, 11) is 0. The van der Waals surface area contributed by atoms with Crippen LogP contribution in [0.25, 0.3) is 10.9 Å². The van der Waals surface area contributed by atoms with E-state index in [9.17, 15) is 5.26 Å². The highest BCUT2D eigenvalue weighted by Gasteiger charge is 2.07. The smallest absolute Gasteiger partial charge is 0.166 e. The Labute approximate surface area is 135 Å². The third-order valence-corrected chi connectivity index (χ3v) is 3.50. The third-order valence-electron chi connectivity index (χ3n) is 3.21. The largest absolute Gasteiger partial charge is 0.367 e. The molecule has 5 nitrogen and oxygen atoms in total. The summed E-state index contributed by atoms with van der Waals surface area (Å²) >= 11 is 5.09. The van der Waals surface area contributed by atoms with E-state index in [-0.39, 0.29) is 0 Å². The van der Waals surface area contributed by atoms with Crippen molar-refractivity contribution >= 4 is 34.1 Å². The lowest BCUT2D eigenvalue weighted by atomic mass is 10.1. The maximum atomic E-state index is 9.29. The van der Waals surface area contributed by atoms with Crippen molar-refractivity contribution in [2.24, 2.45) is 0 Å². The SMILES string of the molecule is CCNC(=S)NCCNc1nc2c(C)cccc2cc1C#N. The average Bonchev–Trinajstić information content (AvgIpc) is 2.51. The molecule has 2 rings (SSSR count). The molecule has 6 heteroatoms. The molecule has 22 heavy (non-hydrogen) atoms. The summed E-state index contributed by atoms with van der Waals surface area (Å²) in [5.41, 5.74) is 2.56. The molecule has 0 saturated carbocycles. The molecule has 0 aliphatic carbocycles. The van der Waals surface area contributed by atoms with Crippen molar-refractivity contribution in [3.8, 4) is 6.07 Å². The molecule has 0 amide bonds. The van der Waals surface area contributed by atoms with Crippen LogP contribution in [-0.2, 0) is 0 Å². The Balaban J connectivity index is 2.08. The van der Waals surface area contributed by atoms with E-state index in [4.69, 9.17) is 12.2 Å². The normalized spacial score (nSPS) is 10.0. The molecule has 3 N–H and O–H groups in total. The van der Waals surface area contributed by atoms with Crippen LogP contribution in [0, 0.1) is 18.3 Å². The van der Waals surface area contributed by atoms with Gasteiger partial charge in [0.2, 0.25) is 0 Å². The number of hydrogen-bond acceptors (Lipinski definition) is 4. The Bertz CT molecular complexity index is 720. The van der Waals surface area contributed by atoms with E-state index in [1.165, 1.54) is 0 Å². The van der Waals surface area contributed by atoms with Gasteiger partial charge in [-0.1, -0.05) is 18.2 Å². The molecule has 0 saturated heterocycles. The van der Waals surface area contributed by atoms with Gasteiger partial charge >= 0.3 is 0 Å². The third kappa shape index (κ3) is 3.83. The first-order chi connectivity index (χ1) is 10.7. The number of nitrogens with one attached hydrogen (secondary N) is 3. The molecule has 0 bridgehead atoms. The van der Waals surface area contributed by atoms with Gasteiger partial charge in [0.25, 0.3) is 0 Å². The van der Waals surface area contributed by atoms with Crippen molar-refractivity contribution in [3.63, 3.8) is 0 Å². The second-order valence-corrected chi connectivity index (χ2v) is 5.26. The van der Waals surface area contributed by atoms with Crippen molar-refractivity contribution in [3.05, 3.63) is 35.4 Å². The minimum absolute atomic E-state index is 0.548. The Morgan fingerprint density at radius 2 is 2.14 bits per heavy atom. The zero-order valence-electron chi connectivity index (χ0n) is 12.7. The van der Waals surface area contributed by atoms with Crippen molar-refractivity contribution in [2.45, 2.75) is 13.8 Å². The molecular weight excluding hydrogens is 294 g/mol. The fourth-order valence-electron chi connectivity index (χ4n) is 2.15. The van der Waals surface area contributed by atoms with Crippen molar-refractivity contribution in [2.75, 3.05) is 25.0 Å². The van der Waals surface area contributed by atoms with E-state index in [0.717, 1.165) is 23.0 Å². The predicted molar refractivity (Wildman–Crippen MR) is 94.0 cm³/mol. The Kier molecular flexibility index (Phi) is 5.50.